The van der Waals surface area contributed by atoms with E-state index in [0.29, 0.717) is 23.5 Å². The van der Waals surface area contributed by atoms with Crippen LogP contribution in [0.3, 0.4) is 0 Å². The number of nitriles is 1. The molecule has 49 heavy (non-hydrogen) atoms. The van der Waals surface area contributed by atoms with Crippen LogP contribution in [0.25, 0.3) is 10.9 Å². The van der Waals surface area contributed by atoms with Gasteiger partial charge in [-0.2, -0.15) is 5.26 Å². The minimum absolute atomic E-state index is 0.0148. The quantitative estimate of drug-likeness (QED) is 0.312. The first-order chi connectivity index (χ1) is 23.1. The standard InChI is InChI=1S/C35H44ClN5O8/c1-7-19-15-35(19,32(44)45)40-30(42)24-14-22(48-26-13-20(16-37)38-28-23(26)10-11-25(47-6)27(28)36)17-41(24)31(43)29(34(3,4)5)39-33(46)49-21-9-8-18(2)12-21/h10-11,13,18-19,21-22,24,29H,7-9,12,14-15,17H2,1-6H3,(H,39,46)(H,40,42)(H,44,45)/t18-,19+,21+,22+,24-,29+,35+/m0/s1. The lowest BCUT2D eigenvalue weighted by atomic mass is 9.85. The van der Waals surface area contributed by atoms with E-state index in [-0.39, 0.29) is 53.4 Å². The van der Waals surface area contributed by atoms with Gasteiger partial charge in [-0.05, 0) is 55.1 Å². The summed E-state index contributed by atoms with van der Waals surface area (Å²) in [6.45, 7) is 9.29. The van der Waals surface area contributed by atoms with Gasteiger partial charge in [0.2, 0.25) is 11.8 Å². The number of aromatic nitrogens is 1. The fraction of sp³-hybridized carbons (Fsp3) is 0.600. The molecule has 1 aromatic heterocycles. The predicted octanol–water partition coefficient (Wildman–Crippen LogP) is 4.82. The van der Waals surface area contributed by atoms with Gasteiger partial charge in [0.1, 0.15) is 58.1 Å². The van der Waals surface area contributed by atoms with E-state index in [1.54, 1.807) is 32.9 Å². The number of alkyl carbamates (subject to hydrolysis) is 1. The molecule has 3 fully saturated rings. The molecular weight excluding hydrogens is 654 g/mol. The third kappa shape index (κ3) is 7.34. The predicted molar refractivity (Wildman–Crippen MR) is 179 cm³/mol. The molecule has 3 amide bonds. The molecule has 1 saturated heterocycles. The number of likely N-dealkylation sites (tertiary alicyclic amines) is 1. The SMILES string of the molecule is CC[C@@H]1C[C@]1(NC(=O)[C@@H]1C[C@@H](Oc2cc(C#N)nc3c(Cl)c(OC)ccc23)CN1C(=O)[C@@H](NC(=O)O[C@@H]1CC[C@H](C)C1)C(C)(C)C)C(=O)O. The van der Waals surface area contributed by atoms with Crippen molar-refractivity contribution in [3.63, 3.8) is 0 Å². The van der Waals surface area contributed by atoms with Crippen molar-refractivity contribution in [2.45, 2.75) is 103 Å². The number of carboxylic acid groups (broad SMARTS) is 1. The average Bonchev–Trinajstić information content (AvgIpc) is 3.35. The van der Waals surface area contributed by atoms with Gasteiger partial charge in [0.15, 0.2) is 0 Å². The molecule has 0 spiro atoms. The summed E-state index contributed by atoms with van der Waals surface area (Å²) in [5.74, 6) is -1.47. The van der Waals surface area contributed by atoms with E-state index in [0.717, 1.165) is 19.3 Å². The molecule has 0 unspecified atom stereocenters. The minimum Gasteiger partial charge on any atom is -0.495 e. The Morgan fingerprint density at radius 3 is 2.49 bits per heavy atom. The number of hydrogen-bond donors (Lipinski definition) is 3. The minimum atomic E-state index is -1.41. The number of amides is 3. The number of carbonyl (C=O) groups is 4. The fourth-order valence-corrected chi connectivity index (χ4v) is 7.33. The van der Waals surface area contributed by atoms with Gasteiger partial charge in [0.25, 0.3) is 0 Å². The van der Waals surface area contributed by atoms with Crippen LogP contribution in [0.1, 0.15) is 78.8 Å². The summed E-state index contributed by atoms with van der Waals surface area (Å²) in [6.07, 6.45) is 1.59. The van der Waals surface area contributed by atoms with Crippen molar-refractivity contribution >= 4 is 46.4 Å². The maximum absolute atomic E-state index is 14.4. The van der Waals surface area contributed by atoms with Crippen molar-refractivity contribution in [2.75, 3.05) is 13.7 Å². The van der Waals surface area contributed by atoms with E-state index in [9.17, 15) is 29.5 Å². The van der Waals surface area contributed by atoms with E-state index in [2.05, 4.69) is 22.5 Å². The number of rotatable bonds is 10. The molecule has 7 atom stereocenters. The van der Waals surface area contributed by atoms with Crippen molar-refractivity contribution in [1.82, 2.24) is 20.5 Å². The van der Waals surface area contributed by atoms with Crippen molar-refractivity contribution in [3.05, 3.63) is 28.9 Å². The number of methoxy groups -OCH3 is 1. The first kappa shape index (κ1) is 36.0. The summed E-state index contributed by atoms with van der Waals surface area (Å²) in [5, 5.41) is 25.9. The first-order valence-electron chi connectivity index (χ1n) is 16.7. The number of fused-ring (bicyclic) bond motifs is 1. The first-order valence-corrected chi connectivity index (χ1v) is 17.1. The van der Waals surface area contributed by atoms with Gasteiger partial charge in [-0.1, -0.05) is 52.6 Å². The number of ether oxygens (including phenoxy) is 3. The number of benzene rings is 1. The van der Waals surface area contributed by atoms with Crippen LogP contribution in [0.4, 0.5) is 4.79 Å². The van der Waals surface area contributed by atoms with E-state index in [4.69, 9.17) is 25.8 Å². The highest BCUT2D eigenvalue weighted by atomic mass is 35.5. The van der Waals surface area contributed by atoms with Crippen LogP contribution in [0, 0.1) is 28.6 Å². The van der Waals surface area contributed by atoms with E-state index in [1.165, 1.54) is 18.1 Å². The van der Waals surface area contributed by atoms with E-state index >= 15 is 0 Å². The van der Waals surface area contributed by atoms with E-state index < -0.39 is 53.0 Å². The van der Waals surface area contributed by atoms with Crippen LogP contribution >= 0.6 is 11.6 Å². The number of carbonyl (C=O) groups excluding carboxylic acids is 3. The number of nitrogens with one attached hydrogen (secondary N) is 2. The molecule has 264 valence electrons. The summed E-state index contributed by atoms with van der Waals surface area (Å²) < 4.78 is 17.4. The van der Waals surface area contributed by atoms with Crippen LogP contribution in [-0.2, 0) is 19.1 Å². The molecule has 3 N–H and O–H groups in total. The zero-order valence-corrected chi connectivity index (χ0v) is 29.4. The van der Waals surface area contributed by atoms with Crippen LogP contribution in [-0.4, -0.2) is 82.4 Å². The maximum Gasteiger partial charge on any atom is 0.408 e. The van der Waals surface area contributed by atoms with Gasteiger partial charge < -0.3 is 34.9 Å². The molecule has 2 aromatic rings. The second kappa shape index (κ2) is 13.9. The molecule has 1 aromatic carbocycles. The smallest absolute Gasteiger partial charge is 0.408 e. The monoisotopic (exact) mass is 697 g/mol. The van der Waals surface area contributed by atoms with Gasteiger partial charge in [0, 0.05) is 17.9 Å². The Bertz CT molecular complexity index is 1690. The second-order valence-electron chi connectivity index (χ2n) is 14.5. The largest absolute Gasteiger partial charge is 0.495 e. The topological polar surface area (TPSA) is 180 Å². The summed E-state index contributed by atoms with van der Waals surface area (Å²) in [4.78, 5) is 59.4. The molecule has 2 aliphatic carbocycles. The van der Waals surface area contributed by atoms with Crippen molar-refractivity contribution in [2.24, 2.45) is 17.3 Å². The average molecular weight is 698 g/mol. The molecule has 3 aliphatic rings. The number of hydrogen-bond acceptors (Lipinski definition) is 9. The Labute approximate surface area is 290 Å². The molecule has 0 radical (unpaired) electrons. The number of carboxylic acids is 1. The molecule has 0 bridgehead atoms. The normalized spacial score (nSPS) is 26.8. The summed E-state index contributed by atoms with van der Waals surface area (Å²) in [5.41, 5.74) is -1.88. The zero-order chi connectivity index (χ0) is 35.8. The zero-order valence-electron chi connectivity index (χ0n) is 28.7. The molecule has 2 heterocycles. The Morgan fingerprint density at radius 2 is 1.92 bits per heavy atom. The van der Waals surface area contributed by atoms with Crippen molar-refractivity contribution in [1.29, 1.82) is 5.26 Å². The van der Waals surface area contributed by atoms with Crippen LogP contribution in [0.5, 0.6) is 11.5 Å². The Hall–Kier alpha value is -4.31. The summed E-state index contributed by atoms with van der Waals surface area (Å²) in [6, 6.07) is 4.60. The Kier molecular flexibility index (Phi) is 10.2. The van der Waals surface area contributed by atoms with Gasteiger partial charge in [-0.15, -0.1) is 0 Å². The highest BCUT2D eigenvalue weighted by molar-refractivity contribution is 6.36. The van der Waals surface area contributed by atoms with Crippen LogP contribution in [0.15, 0.2) is 18.2 Å². The molecule has 14 heteroatoms. The molecule has 1 aliphatic heterocycles. The van der Waals surface area contributed by atoms with Gasteiger partial charge in [-0.3, -0.25) is 9.59 Å². The third-order valence-corrected chi connectivity index (χ3v) is 10.3. The highest BCUT2D eigenvalue weighted by Crippen LogP contribution is 2.46. The highest BCUT2D eigenvalue weighted by Gasteiger charge is 2.61. The third-order valence-electron chi connectivity index (χ3n) is 9.94. The number of nitrogens with zero attached hydrogens (tertiary/aromatic N) is 3. The number of pyridine rings is 1. The lowest BCUT2D eigenvalue weighted by molar-refractivity contribution is -0.146. The van der Waals surface area contributed by atoms with Crippen molar-refractivity contribution < 1.29 is 38.5 Å². The van der Waals surface area contributed by atoms with E-state index in [1.807, 2.05) is 13.0 Å². The van der Waals surface area contributed by atoms with Gasteiger partial charge in [0.05, 0.1) is 19.2 Å². The maximum atomic E-state index is 14.4. The number of aliphatic carboxylic acids is 1. The van der Waals surface area contributed by atoms with Gasteiger partial charge in [-0.25, -0.2) is 14.6 Å². The lowest BCUT2D eigenvalue weighted by Crippen LogP contribution is -2.59. The fourth-order valence-electron chi connectivity index (χ4n) is 7.05. The van der Waals surface area contributed by atoms with Gasteiger partial charge >= 0.3 is 12.1 Å². The molecule has 5 rings (SSSR count). The Morgan fingerprint density at radius 1 is 1.18 bits per heavy atom. The summed E-state index contributed by atoms with van der Waals surface area (Å²) in [7, 11) is 1.46. The molecule has 13 nitrogen and oxygen atoms in total. The molecular formula is C35H44ClN5O8. The number of halogens is 1. The van der Waals surface area contributed by atoms with Crippen molar-refractivity contribution in [3.8, 4) is 17.6 Å². The Balaban J connectivity index is 1.45. The van der Waals surface area contributed by atoms with Crippen LogP contribution < -0.4 is 20.1 Å². The van der Waals surface area contributed by atoms with Crippen LogP contribution in [0.2, 0.25) is 5.02 Å². The summed E-state index contributed by atoms with van der Waals surface area (Å²) >= 11 is 6.53. The lowest BCUT2D eigenvalue weighted by Gasteiger charge is -2.35. The molecule has 2 saturated carbocycles. The second-order valence-corrected chi connectivity index (χ2v) is 14.9.